The number of anilines is 1. The van der Waals surface area contributed by atoms with Gasteiger partial charge in [0.15, 0.2) is 0 Å². The Hall–Kier alpha value is -2.51. The van der Waals surface area contributed by atoms with Crippen molar-refractivity contribution < 1.29 is 9.00 Å². The summed E-state index contributed by atoms with van der Waals surface area (Å²) in [7, 11) is -1.06. The van der Waals surface area contributed by atoms with Gasteiger partial charge in [0.25, 0.3) is 5.91 Å². The van der Waals surface area contributed by atoms with Gasteiger partial charge < -0.3 is 5.32 Å². The van der Waals surface area contributed by atoms with Crippen LogP contribution in [-0.2, 0) is 17.2 Å². The molecule has 0 aliphatic rings. The van der Waals surface area contributed by atoms with Gasteiger partial charge in [-0.25, -0.2) is 9.67 Å². The van der Waals surface area contributed by atoms with E-state index in [2.05, 4.69) is 15.4 Å². The lowest BCUT2D eigenvalue weighted by Gasteiger charge is -2.05. The van der Waals surface area contributed by atoms with Crippen LogP contribution in [0.25, 0.3) is 5.69 Å². The quantitative estimate of drug-likeness (QED) is 0.726. The van der Waals surface area contributed by atoms with Crippen LogP contribution in [0.4, 0.5) is 5.69 Å². The summed E-state index contributed by atoms with van der Waals surface area (Å²) in [5, 5.41) is 7.59. The standard InChI is InChI=1S/C18H17ClN4O2S/c1-3-16-21-17(22-23(16)15-7-5-4-6-14(15)19)18(24)20-12-8-10-13(11-9-12)26(2)25/h4-11H,3H2,1-2H3,(H,20,24)/t26-/m0/s1. The predicted octanol–water partition coefficient (Wildman–Crippen LogP) is 3.47. The first kappa shape index (κ1) is 18.3. The Morgan fingerprint density at radius 2 is 1.88 bits per heavy atom. The van der Waals surface area contributed by atoms with Crippen molar-refractivity contribution >= 4 is 34.0 Å². The molecular formula is C18H17ClN4O2S. The number of aryl methyl sites for hydroxylation is 1. The van der Waals surface area contributed by atoms with Gasteiger partial charge in [0, 0.05) is 34.1 Å². The summed E-state index contributed by atoms with van der Waals surface area (Å²) < 4.78 is 13.0. The molecule has 26 heavy (non-hydrogen) atoms. The van der Waals surface area contributed by atoms with Gasteiger partial charge in [-0.1, -0.05) is 30.7 Å². The van der Waals surface area contributed by atoms with Gasteiger partial charge in [-0.15, -0.1) is 5.10 Å². The van der Waals surface area contributed by atoms with Crippen molar-refractivity contribution in [2.75, 3.05) is 11.6 Å². The van der Waals surface area contributed by atoms with E-state index in [0.29, 0.717) is 33.5 Å². The molecule has 0 aliphatic carbocycles. The third-order valence-electron chi connectivity index (χ3n) is 3.72. The third kappa shape index (κ3) is 3.84. The highest BCUT2D eigenvalue weighted by atomic mass is 35.5. The fourth-order valence-electron chi connectivity index (χ4n) is 2.40. The van der Waals surface area contributed by atoms with Gasteiger partial charge >= 0.3 is 0 Å². The molecule has 8 heteroatoms. The number of amides is 1. The first-order valence-corrected chi connectivity index (χ1v) is 9.89. The minimum atomic E-state index is -1.06. The van der Waals surface area contributed by atoms with Crippen LogP contribution in [0.1, 0.15) is 23.4 Å². The van der Waals surface area contributed by atoms with Gasteiger partial charge in [-0.2, -0.15) is 0 Å². The predicted molar refractivity (Wildman–Crippen MR) is 102 cm³/mol. The van der Waals surface area contributed by atoms with Crippen LogP contribution in [0, 0.1) is 0 Å². The minimum absolute atomic E-state index is 0.0601. The van der Waals surface area contributed by atoms with E-state index in [4.69, 9.17) is 11.6 Å². The molecule has 1 amide bonds. The topological polar surface area (TPSA) is 76.9 Å². The molecule has 0 saturated carbocycles. The number of hydrogen-bond acceptors (Lipinski definition) is 4. The fourth-order valence-corrected chi connectivity index (χ4v) is 3.14. The minimum Gasteiger partial charge on any atom is -0.319 e. The fraction of sp³-hybridized carbons (Fsp3) is 0.167. The van der Waals surface area contributed by atoms with Gasteiger partial charge in [0.1, 0.15) is 5.82 Å². The number of aromatic nitrogens is 3. The van der Waals surface area contributed by atoms with Gasteiger partial charge in [-0.05, 0) is 36.4 Å². The third-order valence-corrected chi connectivity index (χ3v) is 4.97. The van der Waals surface area contributed by atoms with Crippen molar-refractivity contribution in [2.45, 2.75) is 18.2 Å². The monoisotopic (exact) mass is 388 g/mol. The van der Waals surface area contributed by atoms with E-state index >= 15 is 0 Å². The SMILES string of the molecule is CCc1nc(C(=O)Nc2ccc([S@](C)=O)cc2)nn1-c1ccccc1Cl. The average Bonchev–Trinajstić information content (AvgIpc) is 3.07. The Morgan fingerprint density at radius 3 is 2.50 bits per heavy atom. The van der Waals surface area contributed by atoms with E-state index in [1.54, 1.807) is 41.3 Å². The van der Waals surface area contributed by atoms with Gasteiger partial charge in [-0.3, -0.25) is 9.00 Å². The molecule has 2 aromatic carbocycles. The Morgan fingerprint density at radius 1 is 1.19 bits per heavy atom. The summed E-state index contributed by atoms with van der Waals surface area (Å²) in [6.45, 7) is 1.93. The first-order valence-electron chi connectivity index (χ1n) is 7.95. The van der Waals surface area contributed by atoms with Crippen molar-refractivity contribution in [3.8, 4) is 5.69 Å². The summed E-state index contributed by atoms with van der Waals surface area (Å²) in [6.07, 6.45) is 2.20. The van der Waals surface area contributed by atoms with Crippen molar-refractivity contribution in [3.63, 3.8) is 0 Å². The van der Waals surface area contributed by atoms with Crippen LogP contribution in [0.2, 0.25) is 5.02 Å². The number of benzene rings is 2. The first-order chi connectivity index (χ1) is 12.5. The van der Waals surface area contributed by atoms with Crippen LogP contribution in [0.3, 0.4) is 0 Å². The number of halogens is 1. The number of nitrogens with one attached hydrogen (secondary N) is 1. The molecule has 0 unspecified atom stereocenters. The highest BCUT2D eigenvalue weighted by molar-refractivity contribution is 7.84. The number of hydrogen-bond donors (Lipinski definition) is 1. The molecule has 6 nitrogen and oxygen atoms in total. The van der Waals surface area contributed by atoms with Crippen molar-refractivity contribution in [2.24, 2.45) is 0 Å². The molecule has 0 bridgehead atoms. The lowest BCUT2D eigenvalue weighted by Crippen LogP contribution is -2.14. The molecule has 0 radical (unpaired) electrons. The summed E-state index contributed by atoms with van der Waals surface area (Å²) >= 11 is 6.23. The lowest BCUT2D eigenvalue weighted by atomic mass is 10.3. The second-order valence-corrected chi connectivity index (χ2v) is 7.29. The Balaban J connectivity index is 1.86. The van der Waals surface area contributed by atoms with Crippen LogP contribution < -0.4 is 5.32 Å². The van der Waals surface area contributed by atoms with Crippen LogP contribution in [0.5, 0.6) is 0 Å². The molecule has 1 atom stereocenters. The number of nitrogens with zero attached hydrogens (tertiary/aromatic N) is 3. The number of para-hydroxylation sites is 1. The molecule has 3 aromatic rings. The molecule has 1 N–H and O–H groups in total. The van der Waals surface area contributed by atoms with Gasteiger partial charge in [0.05, 0.1) is 10.7 Å². The van der Waals surface area contributed by atoms with E-state index < -0.39 is 16.7 Å². The molecule has 1 aromatic heterocycles. The molecule has 0 aliphatic heterocycles. The zero-order valence-electron chi connectivity index (χ0n) is 14.3. The van der Waals surface area contributed by atoms with Gasteiger partial charge in [0.2, 0.25) is 5.82 Å². The summed E-state index contributed by atoms with van der Waals surface area (Å²) in [6, 6.07) is 14.1. The van der Waals surface area contributed by atoms with E-state index in [9.17, 15) is 9.00 Å². The lowest BCUT2D eigenvalue weighted by molar-refractivity contribution is 0.101. The summed E-state index contributed by atoms with van der Waals surface area (Å²) in [4.78, 5) is 17.5. The molecule has 134 valence electrons. The maximum absolute atomic E-state index is 12.5. The van der Waals surface area contributed by atoms with Crippen LogP contribution in [-0.4, -0.2) is 31.1 Å². The Labute approximate surface area is 158 Å². The number of rotatable bonds is 5. The normalized spacial score (nSPS) is 12.0. The maximum Gasteiger partial charge on any atom is 0.295 e. The largest absolute Gasteiger partial charge is 0.319 e. The van der Waals surface area contributed by atoms with E-state index in [1.165, 1.54) is 0 Å². The zero-order chi connectivity index (χ0) is 18.7. The van der Waals surface area contributed by atoms with E-state index in [0.717, 1.165) is 0 Å². The van der Waals surface area contributed by atoms with Crippen molar-refractivity contribution in [1.29, 1.82) is 0 Å². The summed E-state index contributed by atoms with van der Waals surface area (Å²) in [5.74, 6) is 0.278. The maximum atomic E-state index is 12.5. The highest BCUT2D eigenvalue weighted by Gasteiger charge is 2.18. The second kappa shape index (κ2) is 7.80. The molecule has 0 fully saturated rings. The molecule has 0 saturated heterocycles. The van der Waals surface area contributed by atoms with E-state index in [1.807, 2.05) is 25.1 Å². The molecular weight excluding hydrogens is 372 g/mol. The zero-order valence-corrected chi connectivity index (χ0v) is 15.8. The van der Waals surface area contributed by atoms with Crippen molar-refractivity contribution in [1.82, 2.24) is 14.8 Å². The highest BCUT2D eigenvalue weighted by Crippen LogP contribution is 2.21. The van der Waals surface area contributed by atoms with Crippen molar-refractivity contribution in [3.05, 3.63) is 65.2 Å². The Kier molecular flexibility index (Phi) is 5.49. The number of carbonyl (C=O) groups excluding carboxylic acids is 1. The van der Waals surface area contributed by atoms with Crippen LogP contribution in [0.15, 0.2) is 53.4 Å². The van der Waals surface area contributed by atoms with Crippen LogP contribution >= 0.6 is 11.6 Å². The molecule has 1 heterocycles. The summed E-state index contributed by atoms with van der Waals surface area (Å²) in [5.41, 5.74) is 1.25. The smallest absolute Gasteiger partial charge is 0.295 e. The molecule has 0 spiro atoms. The average molecular weight is 389 g/mol. The molecule has 3 rings (SSSR count). The number of carbonyl (C=O) groups is 1. The van der Waals surface area contributed by atoms with E-state index in [-0.39, 0.29) is 5.82 Å². The Bertz CT molecular complexity index is 970. The second-order valence-electron chi connectivity index (χ2n) is 5.50.